The van der Waals surface area contributed by atoms with Gasteiger partial charge in [0.15, 0.2) is 0 Å². The molecule has 0 saturated heterocycles. The van der Waals surface area contributed by atoms with Crippen LogP contribution in [0, 0.1) is 0 Å². The molecule has 0 radical (unpaired) electrons. The third-order valence-electron chi connectivity index (χ3n) is 3.85. The number of nitrogens with one attached hydrogen (secondary N) is 1. The average molecular weight is 375 g/mol. The van der Waals surface area contributed by atoms with E-state index in [-0.39, 0.29) is 18.3 Å². The molecule has 138 valence electrons. The molecule has 7 heteroatoms. The van der Waals surface area contributed by atoms with Crippen LogP contribution < -0.4 is 10.1 Å². The molecule has 1 N–H and O–H groups in total. The normalized spacial score (nSPS) is 10.8. The zero-order valence-corrected chi connectivity index (χ0v) is 16.0. The predicted octanol–water partition coefficient (Wildman–Crippen LogP) is 2.89. The second-order valence-corrected chi connectivity index (χ2v) is 6.01. The van der Waals surface area contributed by atoms with Crippen molar-refractivity contribution in [2.75, 3.05) is 33.8 Å². The van der Waals surface area contributed by atoms with E-state index < -0.39 is 0 Å². The Labute approximate surface area is 159 Å². The highest BCUT2D eigenvalue weighted by Gasteiger charge is 2.14. The van der Waals surface area contributed by atoms with Crippen molar-refractivity contribution in [1.82, 2.24) is 20.2 Å². The molecule has 0 aliphatic rings. The summed E-state index contributed by atoms with van der Waals surface area (Å²) in [5.74, 6) is 0.534. The van der Waals surface area contributed by atoms with Gasteiger partial charge in [0, 0.05) is 13.1 Å². The number of amides is 1. The van der Waals surface area contributed by atoms with Crippen LogP contribution >= 0.6 is 12.4 Å². The van der Waals surface area contributed by atoms with Gasteiger partial charge in [0.25, 0.3) is 5.91 Å². The molecular formula is C19H23ClN4O2. The third-order valence-corrected chi connectivity index (χ3v) is 3.85. The lowest BCUT2D eigenvalue weighted by atomic mass is 10.1. The van der Waals surface area contributed by atoms with Crippen LogP contribution in [0.3, 0.4) is 0 Å². The van der Waals surface area contributed by atoms with Gasteiger partial charge in [0.05, 0.1) is 23.2 Å². The van der Waals surface area contributed by atoms with E-state index in [2.05, 4.69) is 10.3 Å². The minimum absolute atomic E-state index is 0. The molecule has 0 atom stereocenters. The lowest BCUT2D eigenvalue weighted by Gasteiger charge is -2.12. The first-order valence-electron chi connectivity index (χ1n) is 8.35. The molecule has 0 fully saturated rings. The Bertz CT molecular complexity index is 915. The molecule has 6 nitrogen and oxygen atoms in total. The summed E-state index contributed by atoms with van der Waals surface area (Å²) in [5, 5.41) is 2.93. The first kappa shape index (κ1) is 19.9. The standard InChI is InChI=1S/C19H22N4O2.ClH/c1-4-25-16-10-6-9-15-18(16)22-17-13(7-5-8-14(17)21-15)19(24)20-11-12-23(2)3;/h5-10H,4,11-12H2,1-3H3,(H,20,24);1H. The maximum atomic E-state index is 12.6. The molecule has 3 aromatic rings. The van der Waals surface area contributed by atoms with Gasteiger partial charge in [-0.2, -0.15) is 0 Å². The maximum Gasteiger partial charge on any atom is 0.253 e. The van der Waals surface area contributed by atoms with Crippen LogP contribution in [0.25, 0.3) is 22.1 Å². The summed E-state index contributed by atoms with van der Waals surface area (Å²) >= 11 is 0. The van der Waals surface area contributed by atoms with Gasteiger partial charge in [-0.05, 0) is 45.3 Å². The number of benzene rings is 2. The summed E-state index contributed by atoms with van der Waals surface area (Å²) in [7, 11) is 3.94. The van der Waals surface area contributed by atoms with Crippen molar-refractivity contribution in [3.8, 4) is 5.75 Å². The number of para-hydroxylation sites is 2. The van der Waals surface area contributed by atoms with E-state index in [1.807, 2.05) is 56.3 Å². The largest absolute Gasteiger partial charge is 0.492 e. The average Bonchev–Trinajstić information content (AvgIpc) is 2.59. The number of hydrogen-bond donors (Lipinski definition) is 1. The molecule has 2 aromatic carbocycles. The second kappa shape index (κ2) is 8.78. The van der Waals surface area contributed by atoms with Gasteiger partial charge >= 0.3 is 0 Å². The first-order valence-corrected chi connectivity index (χ1v) is 8.35. The Hall–Kier alpha value is -2.44. The SMILES string of the molecule is CCOc1cccc2nc3cccc(C(=O)NCCN(C)C)c3nc12.Cl. The summed E-state index contributed by atoms with van der Waals surface area (Å²) in [4.78, 5) is 23.9. The Morgan fingerprint density at radius 1 is 1.08 bits per heavy atom. The topological polar surface area (TPSA) is 67.3 Å². The maximum absolute atomic E-state index is 12.6. The van der Waals surface area contributed by atoms with Crippen molar-refractivity contribution in [2.45, 2.75) is 6.92 Å². The van der Waals surface area contributed by atoms with Crippen molar-refractivity contribution in [3.05, 3.63) is 42.0 Å². The number of nitrogens with zero attached hydrogens (tertiary/aromatic N) is 3. The van der Waals surface area contributed by atoms with Crippen LogP contribution in [0.5, 0.6) is 5.75 Å². The minimum Gasteiger partial charge on any atom is -0.492 e. The van der Waals surface area contributed by atoms with Gasteiger partial charge in [0.2, 0.25) is 0 Å². The van der Waals surface area contributed by atoms with Crippen molar-refractivity contribution < 1.29 is 9.53 Å². The Balaban J connectivity index is 0.00000243. The summed E-state index contributed by atoms with van der Waals surface area (Å²) in [5.41, 5.74) is 3.23. The molecule has 1 amide bonds. The van der Waals surface area contributed by atoms with Crippen molar-refractivity contribution >= 4 is 40.4 Å². The van der Waals surface area contributed by atoms with Gasteiger partial charge in [0.1, 0.15) is 16.8 Å². The Morgan fingerprint density at radius 3 is 2.46 bits per heavy atom. The number of ether oxygens (including phenoxy) is 1. The zero-order chi connectivity index (χ0) is 17.8. The fraction of sp³-hybridized carbons (Fsp3) is 0.316. The quantitative estimate of drug-likeness (QED) is 0.672. The molecule has 0 bridgehead atoms. The van der Waals surface area contributed by atoms with Gasteiger partial charge in [-0.1, -0.05) is 12.1 Å². The summed E-state index contributed by atoms with van der Waals surface area (Å²) < 4.78 is 5.65. The zero-order valence-electron chi connectivity index (χ0n) is 15.2. The number of aromatic nitrogens is 2. The van der Waals surface area contributed by atoms with Crippen LogP contribution in [0.2, 0.25) is 0 Å². The molecule has 0 aliphatic carbocycles. The third kappa shape index (κ3) is 4.20. The second-order valence-electron chi connectivity index (χ2n) is 6.01. The van der Waals surface area contributed by atoms with Crippen LogP contribution in [-0.4, -0.2) is 54.6 Å². The fourth-order valence-corrected chi connectivity index (χ4v) is 2.64. The monoisotopic (exact) mass is 374 g/mol. The molecular weight excluding hydrogens is 352 g/mol. The highest BCUT2D eigenvalue weighted by Crippen LogP contribution is 2.26. The lowest BCUT2D eigenvalue weighted by molar-refractivity contribution is 0.0952. The molecule has 0 unspecified atom stereocenters. The van der Waals surface area contributed by atoms with Crippen LogP contribution in [0.15, 0.2) is 36.4 Å². The highest BCUT2D eigenvalue weighted by atomic mass is 35.5. The number of halogens is 1. The number of rotatable bonds is 6. The number of carbonyl (C=O) groups excluding carboxylic acids is 1. The molecule has 1 aromatic heterocycles. The van der Waals surface area contributed by atoms with E-state index in [0.717, 1.165) is 12.1 Å². The first-order chi connectivity index (χ1) is 12.1. The van der Waals surface area contributed by atoms with Crippen LogP contribution in [-0.2, 0) is 0 Å². The van der Waals surface area contributed by atoms with Gasteiger partial charge < -0.3 is 15.0 Å². The number of hydrogen-bond acceptors (Lipinski definition) is 5. The Kier molecular flexibility index (Phi) is 6.71. The van der Waals surface area contributed by atoms with Crippen molar-refractivity contribution in [2.24, 2.45) is 0 Å². The predicted molar refractivity (Wildman–Crippen MR) is 106 cm³/mol. The van der Waals surface area contributed by atoms with E-state index in [9.17, 15) is 4.79 Å². The number of carbonyl (C=O) groups is 1. The fourth-order valence-electron chi connectivity index (χ4n) is 2.64. The van der Waals surface area contributed by atoms with Crippen LogP contribution in [0.1, 0.15) is 17.3 Å². The molecule has 1 heterocycles. The van der Waals surface area contributed by atoms with Crippen LogP contribution in [0.4, 0.5) is 0 Å². The van der Waals surface area contributed by atoms with E-state index in [1.54, 1.807) is 6.07 Å². The highest BCUT2D eigenvalue weighted by molar-refractivity contribution is 6.06. The smallest absolute Gasteiger partial charge is 0.253 e. The summed E-state index contributed by atoms with van der Waals surface area (Å²) in [6.07, 6.45) is 0. The van der Waals surface area contributed by atoms with E-state index >= 15 is 0 Å². The van der Waals surface area contributed by atoms with E-state index in [4.69, 9.17) is 9.72 Å². The molecule has 3 rings (SSSR count). The number of likely N-dealkylation sites (N-methyl/N-ethyl adjacent to an activating group) is 1. The number of fused-ring (bicyclic) bond motifs is 2. The van der Waals surface area contributed by atoms with Crippen molar-refractivity contribution in [3.63, 3.8) is 0 Å². The molecule has 0 aliphatic heterocycles. The van der Waals surface area contributed by atoms with Gasteiger partial charge in [-0.3, -0.25) is 4.79 Å². The van der Waals surface area contributed by atoms with Gasteiger partial charge in [-0.15, -0.1) is 12.4 Å². The molecule has 26 heavy (non-hydrogen) atoms. The molecule has 0 spiro atoms. The van der Waals surface area contributed by atoms with Gasteiger partial charge in [-0.25, -0.2) is 9.97 Å². The summed E-state index contributed by atoms with van der Waals surface area (Å²) in [6.45, 7) is 3.83. The molecule has 0 saturated carbocycles. The van der Waals surface area contributed by atoms with E-state index in [1.165, 1.54) is 0 Å². The lowest BCUT2D eigenvalue weighted by Crippen LogP contribution is -2.31. The van der Waals surface area contributed by atoms with Crippen molar-refractivity contribution in [1.29, 1.82) is 0 Å². The van der Waals surface area contributed by atoms with E-state index in [0.29, 0.717) is 41.0 Å². The summed E-state index contributed by atoms with van der Waals surface area (Å²) in [6, 6.07) is 11.1. The Morgan fingerprint density at radius 2 is 1.77 bits per heavy atom. The minimum atomic E-state index is -0.144.